The third-order valence-corrected chi connectivity index (χ3v) is 6.79. The summed E-state index contributed by atoms with van der Waals surface area (Å²) in [7, 11) is 0. The molecule has 150 valence electrons. The van der Waals surface area contributed by atoms with E-state index in [9.17, 15) is 4.79 Å². The predicted octanol–water partition coefficient (Wildman–Crippen LogP) is 4.27. The number of H-pyrrole nitrogens is 1. The van der Waals surface area contributed by atoms with Crippen LogP contribution in [0.3, 0.4) is 0 Å². The maximum Gasteiger partial charge on any atom is 0.207 e. The number of pyridine rings is 1. The quantitative estimate of drug-likeness (QED) is 0.792. The molecule has 2 aromatic heterocycles. The Kier molecular flexibility index (Phi) is 4.64. The summed E-state index contributed by atoms with van der Waals surface area (Å²) >= 11 is 0. The van der Waals surface area contributed by atoms with Gasteiger partial charge in [0.05, 0.1) is 11.3 Å². The van der Waals surface area contributed by atoms with Crippen molar-refractivity contribution in [2.75, 3.05) is 0 Å². The van der Waals surface area contributed by atoms with Gasteiger partial charge in [-0.15, -0.1) is 10.2 Å². The molecule has 0 atom stereocenters. The van der Waals surface area contributed by atoms with Crippen LogP contribution in [0.2, 0.25) is 0 Å². The van der Waals surface area contributed by atoms with Crippen molar-refractivity contribution in [3.63, 3.8) is 0 Å². The third kappa shape index (κ3) is 3.24. The summed E-state index contributed by atoms with van der Waals surface area (Å²) in [4.78, 5) is 17.6. The maximum atomic E-state index is 12.3. The molecule has 29 heavy (non-hydrogen) atoms. The molecular weight excluding hydrogens is 362 g/mol. The van der Waals surface area contributed by atoms with Crippen molar-refractivity contribution in [2.45, 2.75) is 76.5 Å². The van der Waals surface area contributed by atoms with Crippen molar-refractivity contribution in [2.24, 2.45) is 0 Å². The number of aromatic nitrogens is 5. The molecule has 6 nitrogen and oxygen atoms in total. The molecule has 0 aliphatic heterocycles. The molecule has 3 aliphatic rings. The Morgan fingerprint density at radius 1 is 1.03 bits per heavy atom. The number of ketones is 1. The molecule has 6 heteroatoms. The Labute approximate surface area is 170 Å². The first-order valence-corrected chi connectivity index (χ1v) is 10.9. The zero-order valence-electron chi connectivity index (χ0n) is 17.0. The summed E-state index contributed by atoms with van der Waals surface area (Å²) in [6.45, 7) is 2.33. The summed E-state index contributed by atoms with van der Waals surface area (Å²) in [5.41, 5.74) is 6.66. The second-order valence-electron chi connectivity index (χ2n) is 8.87. The SMILES string of the molecule is CC1(c2nc3c(c(C4=CC(=O)CC=C4)c2-c2nn[nH]n2)CCCCC3)CCCC1. The highest BCUT2D eigenvalue weighted by Crippen LogP contribution is 2.47. The normalized spacial score (nSPS) is 21.0. The molecule has 1 N–H and O–H groups in total. The van der Waals surface area contributed by atoms with E-state index in [1.54, 1.807) is 6.08 Å². The highest BCUT2D eigenvalue weighted by molar-refractivity contribution is 6.04. The Bertz CT molecular complexity index is 997. The van der Waals surface area contributed by atoms with E-state index in [0.717, 1.165) is 54.5 Å². The van der Waals surface area contributed by atoms with Gasteiger partial charge in [0.1, 0.15) is 0 Å². The second kappa shape index (κ2) is 7.32. The van der Waals surface area contributed by atoms with Gasteiger partial charge in [0.2, 0.25) is 5.82 Å². The van der Waals surface area contributed by atoms with E-state index in [1.165, 1.54) is 36.9 Å². The predicted molar refractivity (Wildman–Crippen MR) is 111 cm³/mol. The van der Waals surface area contributed by atoms with Crippen LogP contribution in [-0.2, 0) is 23.1 Å². The van der Waals surface area contributed by atoms with Gasteiger partial charge in [0.25, 0.3) is 0 Å². The fourth-order valence-corrected chi connectivity index (χ4v) is 5.29. The van der Waals surface area contributed by atoms with E-state index < -0.39 is 0 Å². The number of aromatic amines is 1. The van der Waals surface area contributed by atoms with E-state index >= 15 is 0 Å². The van der Waals surface area contributed by atoms with Gasteiger partial charge < -0.3 is 0 Å². The molecule has 0 unspecified atom stereocenters. The fraction of sp³-hybridized carbons (Fsp3) is 0.522. The van der Waals surface area contributed by atoms with Gasteiger partial charge in [-0.2, -0.15) is 5.21 Å². The molecule has 1 fully saturated rings. The zero-order chi connectivity index (χ0) is 19.8. The van der Waals surface area contributed by atoms with Crippen molar-refractivity contribution >= 4 is 11.4 Å². The van der Waals surface area contributed by atoms with Gasteiger partial charge in [0, 0.05) is 17.5 Å². The Balaban J connectivity index is 1.85. The molecule has 3 aliphatic carbocycles. The lowest BCUT2D eigenvalue weighted by atomic mass is 9.77. The van der Waals surface area contributed by atoms with Crippen LogP contribution >= 0.6 is 0 Å². The number of nitrogens with one attached hydrogen (secondary N) is 1. The number of tetrazole rings is 1. The summed E-state index contributed by atoms with van der Waals surface area (Å²) in [6, 6.07) is 0. The molecular formula is C23H27N5O. The minimum Gasteiger partial charge on any atom is -0.294 e. The molecule has 0 amide bonds. The first-order valence-electron chi connectivity index (χ1n) is 10.9. The molecule has 2 heterocycles. The molecule has 1 saturated carbocycles. The highest BCUT2D eigenvalue weighted by Gasteiger charge is 2.38. The lowest BCUT2D eigenvalue weighted by Crippen LogP contribution is -2.23. The molecule has 2 aromatic rings. The molecule has 0 spiro atoms. The van der Waals surface area contributed by atoms with E-state index in [2.05, 4.69) is 33.6 Å². The minimum absolute atomic E-state index is 0.00893. The number of hydrogen-bond donors (Lipinski definition) is 1. The van der Waals surface area contributed by atoms with Crippen molar-refractivity contribution in [1.82, 2.24) is 25.6 Å². The number of hydrogen-bond acceptors (Lipinski definition) is 5. The summed E-state index contributed by atoms with van der Waals surface area (Å²) in [5, 5.41) is 15.2. The first kappa shape index (κ1) is 18.4. The lowest BCUT2D eigenvalue weighted by molar-refractivity contribution is -0.113. The number of aryl methyl sites for hydroxylation is 1. The van der Waals surface area contributed by atoms with Crippen LogP contribution in [0.5, 0.6) is 0 Å². The van der Waals surface area contributed by atoms with Crippen molar-refractivity contribution in [3.05, 3.63) is 40.7 Å². The van der Waals surface area contributed by atoms with Crippen molar-refractivity contribution in [1.29, 1.82) is 0 Å². The average Bonchev–Trinajstić information content (AvgIpc) is 3.35. The molecule has 0 radical (unpaired) electrons. The van der Waals surface area contributed by atoms with Crippen LogP contribution < -0.4 is 0 Å². The number of carbonyl (C=O) groups is 1. The Morgan fingerprint density at radius 3 is 2.62 bits per heavy atom. The smallest absolute Gasteiger partial charge is 0.207 e. The molecule has 5 rings (SSSR count). The van der Waals surface area contributed by atoms with Crippen LogP contribution in [0.4, 0.5) is 0 Å². The summed E-state index contributed by atoms with van der Waals surface area (Å²) < 4.78 is 0. The van der Waals surface area contributed by atoms with Gasteiger partial charge in [0.15, 0.2) is 5.78 Å². The van der Waals surface area contributed by atoms with Crippen molar-refractivity contribution < 1.29 is 4.79 Å². The topological polar surface area (TPSA) is 84.4 Å². The van der Waals surface area contributed by atoms with E-state index in [4.69, 9.17) is 4.98 Å². The van der Waals surface area contributed by atoms with E-state index in [-0.39, 0.29) is 11.2 Å². The zero-order valence-corrected chi connectivity index (χ0v) is 17.0. The third-order valence-electron chi connectivity index (χ3n) is 6.79. The monoisotopic (exact) mass is 389 g/mol. The fourth-order valence-electron chi connectivity index (χ4n) is 5.29. The highest BCUT2D eigenvalue weighted by atomic mass is 16.1. The first-order chi connectivity index (χ1) is 14.2. The van der Waals surface area contributed by atoms with Crippen LogP contribution in [0.1, 0.15) is 80.8 Å². The number of rotatable bonds is 3. The van der Waals surface area contributed by atoms with Gasteiger partial charge >= 0.3 is 0 Å². The maximum absolute atomic E-state index is 12.3. The largest absolute Gasteiger partial charge is 0.294 e. The lowest BCUT2D eigenvalue weighted by Gasteiger charge is -2.29. The van der Waals surface area contributed by atoms with Gasteiger partial charge in [-0.25, -0.2) is 0 Å². The van der Waals surface area contributed by atoms with E-state index in [0.29, 0.717) is 12.2 Å². The van der Waals surface area contributed by atoms with Crippen LogP contribution in [0.15, 0.2) is 18.2 Å². The second-order valence-corrected chi connectivity index (χ2v) is 8.87. The van der Waals surface area contributed by atoms with Gasteiger partial charge in [-0.05, 0) is 66.5 Å². The Hall–Kier alpha value is -2.63. The standard InChI is InChI=1S/C23H27N5O/c1-23(12-5-6-13-23)21-20(22-25-27-28-26-22)19(15-8-7-9-16(29)14-15)17-10-3-2-4-11-18(17)24-21/h7-8,14H,2-6,9-13H2,1H3,(H,25,26,27,28). The van der Waals surface area contributed by atoms with Crippen LogP contribution in [0, 0.1) is 0 Å². The van der Waals surface area contributed by atoms with E-state index in [1.807, 2.05) is 6.08 Å². The number of nitrogens with zero attached hydrogens (tertiary/aromatic N) is 4. The Morgan fingerprint density at radius 2 is 1.86 bits per heavy atom. The average molecular weight is 390 g/mol. The summed E-state index contributed by atoms with van der Waals surface area (Å²) in [5.74, 6) is 0.740. The van der Waals surface area contributed by atoms with Crippen molar-refractivity contribution in [3.8, 4) is 11.4 Å². The number of allylic oxidation sites excluding steroid dienone is 4. The summed E-state index contributed by atoms with van der Waals surface area (Å²) in [6.07, 6.45) is 16.5. The van der Waals surface area contributed by atoms with Gasteiger partial charge in [-0.1, -0.05) is 38.3 Å². The van der Waals surface area contributed by atoms with Gasteiger partial charge in [-0.3, -0.25) is 9.78 Å². The molecule has 0 aromatic carbocycles. The van der Waals surface area contributed by atoms with Crippen LogP contribution in [0.25, 0.3) is 17.0 Å². The number of fused-ring (bicyclic) bond motifs is 1. The number of carbonyl (C=O) groups excluding carboxylic acids is 1. The van der Waals surface area contributed by atoms with Crippen LogP contribution in [-0.4, -0.2) is 31.4 Å². The molecule has 0 bridgehead atoms. The molecule has 0 saturated heterocycles. The minimum atomic E-state index is 0.00893.